The minimum Gasteiger partial charge on any atom is -0.497 e. The molecule has 0 aliphatic carbocycles. The maximum atomic E-state index is 13.0. The summed E-state index contributed by atoms with van der Waals surface area (Å²) in [5, 5.41) is 5.70. The van der Waals surface area contributed by atoms with Crippen molar-refractivity contribution in [1.29, 1.82) is 0 Å². The molecule has 3 rings (SSSR count). The first-order chi connectivity index (χ1) is 15.0. The van der Waals surface area contributed by atoms with Crippen molar-refractivity contribution in [3.63, 3.8) is 0 Å². The fourth-order valence-electron chi connectivity index (χ4n) is 3.61. The van der Waals surface area contributed by atoms with Gasteiger partial charge in [0.25, 0.3) is 0 Å². The topological polar surface area (TPSA) is 79.9 Å². The Hall–Kier alpha value is -3.32. The monoisotopic (exact) mass is 423 g/mol. The number of esters is 1. The van der Waals surface area contributed by atoms with Gasteiger partial charge < -0.3 is 20.1 Å². The third-order valence-electron chi connectivity index (χ3n) is 5.15. The summed E-state index contributed by atoms with van der Waals surface area (Å²) in [5.74, 6) is 0.197. The molecular weight excluding hydrogens is 394 g/mol. The summed E-state index contributed by atoms with van der Waals surface area (Å²) in [6.07, 6.45) is 0. The molecule has 0 aromatic heterocycles. The highest BCUT2D eigenvalue weighted by atomic mass is 16.5. The van der Waals surface area contributed by atoms with Crippen LogP contribution in [0.25, 0.3) is 0 Å². The van der Waals surface area contributed by atoms with Crippen LogP contribution in [0.4, 0.5) is 4.79 Å². The highest BCUT2D eigenvalue weighted by Gasteiger charge is 2.34. The Balaban J connectivity index is 1.98. The minimum atomic E-state index is -0.631. The van der Waals surface area contributed by atoms with Crippen LogP contribution >= 0.6 is 0 Å². The number of ether oxygens (including phenoxy) is 2. The van der Waals surface area contributed by atoms with E-state index in [0.717, 1.165) is 17.7 Å². The lowest BCUT2D eigenvalue weighted by Crippen LogP contribution is -2.48. The summed E-state index contributed by atoms with van der Waals surface area (Å²) < 4.78 is 10.7. The largest absolute Gasteiger partial charge is 0.497 e. The summed E-state index contributed by atoms with van der Waals surface area (Å²) in [5.41, 5.74) is 2.86. The van der Waals surface area contributed by atoms with Gasteiger partial charge in [-0.05, 0) is 36.7 Å². The molecule has 31 heavy (non-hydrogen) atoms. The van der Waals surface area contributed by atoms with Gasteiger partial charge >= 0.3 is 12.0 Å². The highest BCUT2D eigenvalue weighted by molar-refractivity contribution is 5.95. The Morgan fingerprint density at radius 2 is 1.84 bits per heavy atom. The zero-order valence-electron chi connectivity index (χ0n) is 18.2. The number of hydrogen-bond acceptors (Lipinski definition) is 5. The molecular formula is C24H29N3O4. The third-order valence-corrected chi connectivity index (χ3v) is 5.15. The maximum Gasteiger partial charge on any atom is 0.338 e. The first-order valence-electron chi connectivity index (χ1n) is 10.4. The molecule has 7 heteroatoms. The highest BCUT2D eigenvalue weighted by Crippen LogP contribution is 2.30. The van der Waals surface area contributed by atoms with Crippen LogP contribution in [0.2, 0.25) is 0 Å². The van der Waals surface area contributed by atoms with Crippen LogP contribution < -0.4 is 15.4 Å². The van der Waals surface area contributed by atoms with Gasteiger partial charge in [0.05, 0.1) is 25.3 Å². The van der Waals surface area contributed by atoms with Gasteiger partial charge in [-0.15, -0.1) is 0 Å². The number of urea groups is 1. The van der Waals surface area contributed by atoms with E-state index in [9.17, 15) is 9.59 Å². The number of benzene rings is 2. The van der Waals surface area contributed by atoms with Crippen molar-refractivity contribution in [2.24, 2.45) is 0 Å². The first-order valence-corrected chi connectivity index (χ1v) is 10.4. The van der Waals surface area contributed by atoms with Crippen LogP contribution in [0.3, 0.4) is 0 Å². The molecule has 2 N–H and O–H groups in total. The van der Waals surface area contributed by atoms with Crippen molar-refractivity contribution in [3.8, 4) is 5.75 Å². The van der Waals surface area contributed by atoms with Crippen LogP contribution in [0.5, 0.6) is 5.75 Å². The van der Waals surface area contributed by atoms with Crippen LogP contribution in [-0.4, -0.2) is 43.7 Å². The average Bonchev–Trinajstić information content (AvgIpc) is 2.79. The fourth-order valence-corrected chi connectivity index (χ4v) is 3.61. The number of hydrogen-bond donors (Lipinski definition) is 2. The van der Waals surface area contributed by atoms with Gasteiger partial charge in [-0.3, -0.25) is 4.90 Å². The summed E-state index contributed by atoms with van der Waals surface area (Å²) >= 11 is 0. The second-order valence-corrected chi connectivity index (χ2v) is 7.21. The minimum absolute atomic E-state index is 0.246. The number of amides is 2. The van der Waals surface area contributed by atoms with Crippen LogP contribution in [0, 0.1) is 0 Å². The quantitative estimate of drug-likeness (QED) is 0.605. The Kier molecular flexibility index (Phi) is 7.67. The van der Waals surface area contributed by atoms with E-state index >= 15 is 0 Å². The Morgan fingerprint density at radius 1 is 1.06 bits per heavy atom. The van der Waals surface area contributed by atoms with Crippen molar-refractivity contribution in [2.75, 3.05) is 26.8 Å². The standard InChI is InChI=1S/C24H29N3O4/c1-4-27(15-17-10-7-6-8-11-17)16-20-21(23(28)31-5-2)22(26-24(29)25-20)18-12-9-13-19(14-18)30-3/h6-14,22H,4-5,15-16H2,1-3H3,(H2,25,26,29)/t22-/m1/s1. The third kappa shape index (κ3) is 5.64. The van der Waals surface area contributed by atoms with Gasteiger partial charge in [-0.2, -0.15) is 0 Å². The molecule has 0 unspecified atom stereocenters. The molecule has 0 saturated carbocycles. The van der Waals surface area contributed by atoms with Gasteiger partial charge in [0.15, 0.2) is 0 Å². The number of carbonyl (C=O) groups is 2. The molecule has 1 heterocycles. The number of nitrogens with zero attached hydrogens (tertiary/aromatic N) is 1. The van der Waals surface area contributed by atoms with Crippen molar-refractivity contribution < 1.29 is 19.1 Å². The van der Waals surface area contributed by atoms with Crippen LogP contribution in [0.15, 0.2) is 65.9 Å². The second kappa shape index (κ2) is 10.6. The Morgan fingerprint density at radius 3 is 2.52 bits per heavy atom. The summed E-state index contributed by atoms with van der Waals surface area (Å²) in [7, 11) is 1.58. The lowest BCUT2D eigenvalue weighted by molar-refractivity contribution is -0.139. The molecule has 0 fully saturated rings. The molecule has 7 nitrogen and oxygen atoms in total. The molecule has 164 valence electrons. The molecule has 0 saturated heterocycles. The second-order valence-electron chi connectivity index (χ2n) is 7.21. The van der Waals surface area contributed by atoms with Gasteiger partial charge in [-0.25, -0.2) is 9.59 Å². The van der Waals surface area contributed by atoms with E-state index in [1.165, 1.54) is 0 Å². The lowest BCUT2D eigenvalue weighted by Gasteiger charge is -2.32. The molecule has 1 aliphatic rings. The van der Waals surface area contributed by atoms with E-state index in [-0.39, 0.29) is 12.6 Å². The Labute approximate surface area is 183 Å². The summed E-state index contributed by atoms with van der Waals surface area (Å²) in [4.78, 5) is 27.6. The SMILES string of the molecule is CCOC(=O)C1=C(CN(CC)Cc2ccccc2)NC(=O)N[C@@H]1c1cccc(OC)c1. The molecule has 1 atom stereocenters. The van der Waals surface area contributed by atoms with E-state index in [1.54, 1.807) is 14.0 Å². The molecule has 2 amide bonds. The average molecular weight is 424 g/mol. The number of methoxy groups -OCH3 is 1. The van der Waals surface area contributed by atoms with Crippen LogP contribution in [0.1, 0.15) is 31.0 Å². The lowest BCUT2D eigenvalue weighted by atomic mass is 9.94. The van der Waals surface area contributed by atoms with Gasteiger partial charge in [-0.1, -0.05) is 49.4 Å². The molecule has 0 radical (unpaired) electrons. The molecule has 2 aromatic carbocycles. The van der Waals surface area contributed by atoms with Crippen LogP contribution in [-0.2, 0) is 16.1 Å². The molecule has 2 aromatic rings. The van der Waals surface area contributed by atoms with Gasteiger partial charge in [0, 0.05) is 18.8 Å². The summed E-state index contributed by atoms with van der Waals surface area (Å²) in [6, 6.07) is 16.4. The predicted octanol–water partition coefficient (Wildman–Crippen LogP) is 3.39. The zero-order valence-corrected chi connectivity index (χ0v) is 18.2. The normalized spacial score (nSPS) is 16.0. The van der Waals surface area contributed by atoms with E-state index in [2.05, 4.69) is 34.6 Å². The first kappa shape index (κ1) is 22.4. The smallest absolute Gasteiger partial charge is 0.338 e. The predicted molar refractivity (Wildman–Crippen MR) is 118 cm³/mol. The van der Waals surface area contributed by atoms with E-state index in [4.69, 9.17) is 9.47 Å². The van der Waals surface area contributed by atoms with Crippen molar-refractivity contribution in [1.82, 2.24) is 15.5 Å². The number of nitrogens with one attached hydrogen (secondary N) is 2. The van der Waals surface area contributed by atoms with E-state index < -0.39 is 12.0 Å². The summed E-state index contributed by atoms with van der Waals surface area (Å²) in [6.45, 7) is 5.92. The number of carbonyl (C=O) groups excluding carboxylic acids is 2. The van der Waals surface area contributed by atoms with Crippen molar-refractivity contribution in [3.05, 3.63) is 77.0 Å². The molecule has 1 aliphatic heterocycles. The van der Waals surface area contributed by atoms with Gasteiger partial charge in [0.1, 0.15) is 5.75 Å². The number of rotatable bonds is 9. The van der Waals surface area contributed by atoms with Crippen molar-refractivity contribution in [2.45, 2.75) is 26.4 Å². The van der Waals surface area contributed by atoms with Gasteiger partial charge in [0.2, 0.25) is 0 Å². The number of likely N-dealkylation sites (N-methyl/N-ethyl adjacent to an activating group) is 1. The van der Waals surface area contributed by atoms with Crippen molar-refractivity contribution >= 4 is 12.0 Å². The molecule has 0 spiro atoms. The fraction of sp³-hybridized carbons (Fsp3) is 0.333. The molecule has 0 bridgehead atoms. The van der Waals surface area contributed by atoms with E-state index in [1.807, 2.05) is 42.5 Å². The Bertz CT molecular complexity index is 943. The maximum absolute atomic E-state index is 13.0. The van der Waals surface area contributed by atoms with E-state index in [0.29, 0.717) is 30.1 Å². The zero-order chi connectivity index (χ0) is 22.2.